The molecule has 1 amide bonds. The lowest BCUT2D eigenvalue weighted by Crippen LogP contribution is -2.23. The maximum Gasteiger partial charge on any atom is 0.270 e. The molecule has 0 radical (unpaired) electrons. The molecule has 5 nitrogen and oxygen atoms in total. The van der Waals surface area contributed by atoms with Crippen molar-refractivity contribution in [2.45, 2.75) is 6.54 Å². The third-order valence-corrected chi connectivity index (χ3v) is 4.04. The van der Waals surface area contributed by atoms with Crippen LogP contribution in [-0.2, 0) is 6.54 Å². The number of para-hydroxylation sites is 1. The number of pyridine rings is 2. The molecule has 0 unspecified atom stereocenters. The van der Waals surface area contributed by atoms with Gasteiger partial charge in [-0.25, -0.2) is 9.97 Å². The predicted octanol–water partition coefficient (Wildman–Crippen LogP) is 4.35. The van der Waals surface area contributed by atoms with Crippen LogP contribution >= 0.6 is 0 Å². The fourth-order valence-electron chi connectivity index (χ4n) is 2.71. The van der Waals surface area contributed by atoms with E-state index in [1.54, 1.807) is 18.3 Å². The zero-order chi connectivity index (χ0) is 18.5. The second kappa shape index (κ2) is 7.66. The van der Waals surface area contributed by atoms with Gasteiger partial charge in [-0.3, -0.25) is 4.79 Å². The summed E-state index contributed by atoms with van der Waals surface area (Å²) in [5.74, 6) is 0.986. The number of carbonyl (C=O) groups is 1. The van der Waals surface area contributed by atoms with Crippen LogP contribution in [-0.4, -0.2) is 15.9 Å². The number of nitrogens with one attached hydrogen (secondary N) is 1. The maximum atomic E-state index is 12.4. The molecule has 0 saturated heterocycles. The van der Waals surface area contributed by atoms with Crippen molar-refractivity contribution < 1.29 is 9.53 Å². The summed E-state index contributed by atoms with van der Waals surface area (Å²) in [6.07, 6.45) is 1.68. The number of hydrogen-bond donors (Lipinski definition) is 1. The van der Waals surface area contributed by atoms with Crippen LogP contribution in [0.4, 0.5) is 0 Å². The monoisotopic (exact) mass is 355 g/mol. The Morgan fingerprint density at radius 1 is 0.926 bits per heavy atom. The number of fused-ring (bicyclic) bond motifs is 1. The molecule has 0 aliphatic rings. The third kappa shape index (κ3) is 4.10. The van der Waals surface area contributed by atoms with Gasteiger partial charge >= 0.3 is 0 Å². The van der Waals surface area contributed by atoms with Crippen LogP contribution in [0.1, 0.15) is 16.1 Å². The van der Waals surface area contributed by atoms with Crippen LogP contribution in [0.15, 0.2) is 85.1 Å². The third-order valence-electron chi connectivity index (χ3n) is 4.04. The molecule has 0 bridgehead atoms. The van der Waals surface area contributed by atoms with E-state index in [4.69, 9.17) is 4.74 Å². The molecule has 5 heteroatoms. The summed E-state index contributed by atoms with van der Waals surface area (Å²) in [5.41, 5.74) is 2.13. The van der Waals surface area contributed by atoms with Gasteiger partial charge in [0.25, 0.3) is 5.91 Å². The summed E-state index contributed by atoms with van der Waals surface area (Å²) >= 11 is 0. The molecule has 0 spiro atoms. The first-order valence-electron chi connectivity index (χ1n) is 8.60. The molecule has 27 heavy (non-hydrogen) atoms. The second-order valence-electron chi connectivity index (χ2n) is 5.99. The van der Waals surface area contributed by atoms with Crippen LogP contribution in [0.25, 0.3) is 10.9 Å². The Balaban J connectivity index is 1.43. The molecule has 4 rings (SSSR count). The van der Waals surface area contributed by atoms with Gasteiger partial charge in [-0.2, -0.15) is 0 Å². The average molecular weight is 355 g/mol. The Labute approximate surface area is 156 Å². The Hall–Kier alpha value is -3.73. The number of ether oxygens (including phenoxy) is 1. The van der Waals surface area contributed by atoms with Crippen molar-refractivity contribution in [3.63, 3.8) is 0 Å². The number of benzene rings is 2. The number of amides is 1. The minimum Gasteiger partial charge on any atom is -0.439 e. The lowest BCUT2D eigenvalue weighted by Gasteiger charge is -2.08. The molecule has 0 aliphatic heterocycles. The van der Waals surface area contributed by atoms with Crippen molar-refractivity contribution in [3.05, 3.63) is 96.3 Å². The number of hydrogen-bond acceptors (Lipinski definition) is 4. The SMILES string of the molecule is O=C(NCc1cccc(Oc2ccccn2)c1)c1ccc2ccccc2n1. The zero-order valence-corrected chi connectivity index (χ0v) is 14.5. The molecule has 2 aromatic carbocycles. The summed E-state index contributed by atoms with van der Waals surface area (Å²) in [7, 11) is 0. The average Bonchev–Trinajstić information content (AvgIpc) is 2.73. The van der Waals surface area contributed by atoms with Gasteiger partial charge < -0.3 is 10.1 Å². The highest BCUT2D eigenvalue weighted by Crippen LogP contribution is 2.20. The van der Waals surface area contributed by atoms with E-state index in [0.717, 1.165) is 16.5 Å². The van der Waals surface area contributed by atoms with E-state index in [-0.39, 0.29) is 5.91 Å². The lowest BCUT2D eigenvalue weighted by atomic mass is 10.2. The van der Waals surface area contributed by atoms with Crippen molar-refractivity contribution in [3.8, 4) is 11.6 Å². The predicted molar refractivity (Wildman–Crippen MR) is 104 cm³/mol. The summed E-state index contributed by atoms with van der Waals surface area (Å²) < 4.78 is 5.72. The first-order valence-corrected chi connectivity index (χ1v) is 8.60. The normalized spacial score (nSPS) is 10.5. The van der Waals surface area contributed by atoms with E-state index in [9.17, 15) is 4.79 Å². The van der Waals surface area contributed by atoms with Crippen molar-refractivity contribution in [2.75, 3.05) is 0 Å². The van der Waals surface area contributed by atoms with E-state index >= 15 is 0 Å². The van der Waals surface area contributed by atoms with Crippen molar-refractivity contribution >= 4 is 16.8 Å². The largest absolute Gasteiger partial charge is 0.439 e. The van der Waals surface area contributed by atoms with E-state index < -0.39 is 0 Å². The fraction of sp³-hybridized carbons (Fsp3) is 0.0455. The minimum absolute atomic E-state index is 0.211. The van der Waals surface area contributed by atoms with Gasteiger partial charge in [0.05, 0.1) is 5.52 Å². The van der Waals surface area contributed by atoms with Gasteiger partial charge in [0.15, 0.2) is 0 Å². The summed E-state index contributed by atoms with van der Waals surface area (Å²) in [5, 5.41) is 3.91. The van der Waals surface area contributed by atoms with Gasteiger partial charge in [-0.1, -0.05) is 42.5 Å². The summed E-state index contributed by atoms with van der Waals surface area (Å²) in [6.45, 7) is 0.382. The van der Waals surface area contributed by atoms with Crippen molar-refractivity contribution in [1.82, 2.24) is 15.3 Å². The van der Waals surface area contributed by atoms with Crippen LogP contribution in [0, 0.1) is 0 Å². The van der Waals surface area contributed by atoms with E-state index in [2.05, 4.69) is 15.3 Å². The van der Waals surface area contributed by atoms with Crippen molar-refractivity contribution in [1.29, 1.82) is 0 Å². The van der Waals surface area contributed by atoms with Gasteiger partial charge in [-0.05, 0) is 35.9 Å². The molecular formula is C22H17N3O2. The first-order chi connectivity index (χ1) is 13.3. The van der Waals surface area contributed by atoms with Crippen LogP contribution in [0.5, 0.6) is 11.6 Å². The standard InChI is InChI=1S/C22H17N3O2/c26-22(20-12-11-17-7-1-2-9-19(17)25-20)24-15-16-6-5-8-18(14-16)27-21-10-3-4-13-23-21/h1-14H,15H2,(H,24,26). The topological polar surface area (TPSA) is 64.1 Å². The molecular weight excluding hydrogens is 338 g/mol. The zero-order valence-electron chi connectivity index (χ0n) is 14.5. The Morgan fingerprint density at radius 2 is 1.81 bits per heavy atom. The second-order valence-corrected chi connectivity index (χ2v) is 5.99. The Bertz CT molecular complexity index is 1080. The molecule has 4 aromatic rings. The number of nitrogens with zero attached hydrogens (tertiary/aromatic N) is 2. The molecule has 2 heterocycles. The van der Waals surface area contributed by atoms with E-state index in [1.807, 2.05) is 66.7 Å². The summed E-state index contributed by atoms with van der Waals surface area (Å²) in [4.78, 5) is 21.0. The molecule has 2 aromatic heterocycles. The van der Waals surface area contributed by atoms with Crippen LogP contribution in [0.2, 0.25) is 0 Å². The molecule has 132 valence electrons. The molecule has 1 N–H and O–H groups in total. The van der Waals surface area contributed by atoms with Crippen molar-refractivity contribution in [2.24, 2.45) is 0 Å². The number of rotatable bonds is 5. The Morgan fingerprint density at radius 3 is 2.70 bits per heavy atom. The number of aromatic nitrogens is 2. The van der Waals surface area contributed by atoms with Crippen LogP contribution in [0.3, 0.4) is 0 Å². The Kier molecular flexibility index (Phi) is 4.74. The highest BCUT2D eigenvalue weighted by atomic mass is 16.5. The highest BCUT2D eigenvalue weighted by molar-refractivity contribution is 5.94. The quantitative estimate of drug-likeness (QED) is 0.578. The molecule has 0 saturated carbocycles. The van der Waals surface area contributed by atoms with E-state index in [0.29, 0.717) is 23.9 Å². The van der Waals surface area contributed by atoms with Crippen LogP contribution < -0.4 is 10.1 Å². The minimum atomic E-state index is -0.211. The fourth-order valence-corrected chi connectivity index (χ4v) is 2.71. The van der Waals surface area contributed by atoms with Gasteiger partial charge in [-0.15, -0.1) is 0 Å². The van der Waals surface area contributed by atoms with Gasteiger partial charge in [0.1, 0.15) is 11.4 Å². The first kappa shape index (κ1) is 16.7. The van der Waals surface area contributed by atoms with Gasteiger partial charge in [0, 0.05) is 24.2 Å². The molecule has 0 aliphatic carbocycles. The molecule has 0 atom stereocenters. The molecule has 0 fully saturated rings. The van der Waals surface area contributed by atoms with Gasteiger partial charge in [0.2, 0.25) is 5.88 Å². The lowest BCUT2D eigenvalue weighted by molar-refractivity contribution is 0.0946. The smallest absolute Gasteiger partial charge is 0.270 e. The summed E-state index contributed by atoms with van der Waals surface area (Å²) in [6, 6.07) is 24.4. The highest BCUT2D eigenvalue weighted by Gasteiger charge is 2.08. The number of carbonyl (C=O) groups excluding carboxylic acids is 1. The maximum absolute atomic E-state index is 12.4. The van der Waals surface area contributed by atoms with E-state index in [1.165, 1.54) is 0 Å².